The predicted molar refractivity (Wildman–Crippen MR) is 97.6 cm³/mol. The van der Waals surface area contributed by atoms with E-state index in [9.17, 15) is 19.1 Å². The summed E-state index contributed by atoms with van der Waals surface area (Å²) in [6.45, 7) is 3.38. The summed E-state index contributed by atoms with van der Waals surface area (Å²) in [6, 6.07) is 11.3. The van der Waals surface area contributed by atoms with E-state index >= 15 is 0 Å². The molecule has 0 aromatic heterocycles. The second kappa shape index (κ2) is 6.92. The standard InChI is InChI=1S/C20H17ClFNO3/c1-11(2)18(24)16-17(12-6-8-13(21)9-7-12)23(20(26)19(16)25)15-5-3-4-14(22)10-15/h3-11,17,25H,1-2H3. The number of anilines is 1. The van der Waals surface area contributed by atoms with E-state index in [1.807, 2.05) is 0 Å². The van der Waals surface area contributed by atoms with Crippen molar-refractivity contribution < 1.29 is 19.1 Å². The number of rotatable bonds is 4. The van der Waals surface area contributed by atoms with Crippen LogP contribution in [0.2, 0.25) is 5.02 Å². The van der Waals surface area contributed by atoms with Crippen molar-refractivity contribution in [1.82, 2.24) is 0 Å². The van der Waals surface area contributed by atoms with Crippen LogP contribution < -0.4 is 4.90 Å². The third-order valence-electron chi connectivity index (χ3n) is 4.27. The Balaban J connectivity index is 2.19. The number of benzene rings is 2. The van der Waals surface area contributed by atoms with Crippen LogP contribution in [0.25, 0.3) is 0 Å². The van der Waals surface area contributed by atoms with Crippen LogP contribution in [0, 0.1) is 11.7 Å². The number of aliphatic hydroxyl groups is 1. The first-order valence-corrected chi connectivity index (χ1v) is 8.51. The van der Waals surface area contributed by atoms with E-state index < -0.39 is 29.4 Å². The number of carbonyl (C=O) groups excluding carboxylic acids is 2. The third kappa shape index (κ3) is 3.10. The van der Waals surface area contributed by atoms with Crippen LogP contribution in [-0.4, -0.2) is 16.8 Å². The van der Waals surface area contributed by atoms with Gasteiger partial charge >= 0.3 is 0 Å². The molecule has 0 saturated carbocycles. The van der Waals surface area contributed by atoms with Crippen LogP contribution in [-0.2, 0) is 9.59 Å². The Kier molecular flexibility index (Phi) is 4.83. The molecule has 6 heteroatoms. The van der Waals surface area contributed by atoms with Crippen LogP contribution >= 0.6 is 11.6 Å². The van der Waals surface area contributed by atoms with Gasteiger partial charge in [-0.25, -0.2) is 4.39 Å². The van der Waals surface area contributed by atoms with Gasteiger partial charge in [0.25, 0.3) is 5.91 Å². The largest absolute Gasteiger partial charge is 0.503 e. The molecule has 0 bridgehead atoms. The maximum atomic E-state index is 13.7. The highest BCUT2D eigenvalue weighted by Gasteiger charge is 2.44. The summed E-state index contributed by atoms with van der Waals surface area (Å²) in [7, 11) is 0. The summed E-state index contributed by atoms with van der Waals surface area (Å²) in [4.78, 5) is 26.7. The van der Waals surface area contributed by atoms with Crippen molar-refractivity contribution in [1.29, 1.82) is 0 Å². The molecule has 134 valence electrons. The molecule has 0 spiro atoms. The van der Waals surface area contributed by atoms with E-state index in [1.165, 1.54) is 23.1 Å². The SMILES string of the molecule is CC(C)C(=O)C1=C(O)C(=O)N(c2cccc(F)c2)C1c1ccc(Cl)cc1. The lowest BCUT2D eigenvalue weighted by molar-refractivity contribution is -0.119. The van der Waals surface area contributed by atoms with Gasteiger partial charge in [-0.3, -0.25) is 14.5 Å². The fourth-order valence-electron chi connectivity index (χ4n) is 3.02. The molecule has 2 aromatic carbocycles. The van der Waals surface area contributed by atoms with Gasteiger partial charge in [-0.2, -0.15) is 0 Å². The Bertz CT molecular complexity index is 906. The van der Waals surface area contributed by atoms with Crippen molar-refractivity contribution in [2.24, 2.45) is 5.92 Å². The van der Waals surface area contributed by atoms with Gasteiger partial charge in [-0.05, 0) is 35.9 Å². The first-order chi connectivity index (χ1) is 12.3. The molecule has 2 aromatic rings. The fraction of sp³-hybridized carbons (Fsp3) is 0.200. The first kappa shape index (κ1) is 18.1. The van der Waals surface area contributed by atoms with E-state index in [-0.39, 0.29) is 17.0 Å². The van der Waals surface area contributed by atoms with Crippen LogP contribution in [0.4, 0.5) is 10.1 Å². The molecule has 0 fully saturated rings. The lowest BCUT2D eigenvalue weighted by atomic mass is 9.91. The van der Waals surface area contributed by atoms with Crippen molar-refractivity contribution in [3.63, 3.8) is 0 Å². The zero-order chi connectivity index (χ0) is 19.0. The Labute approximate surface area is 155 Å². The lowest BCUT2D eigenvalue weighted by Gasteiger charge is -2.27. The topological polar surface area (TPSA) is 57.6 Å². The third-order valence-corrected chi connectivity index (χ3v) is 4.52. The van der Waals surface area contributed by atoms with Gasteiger partial charge in [0.1, 0.15) is 5.82 Å². The van der Waals surface area contributed by atoms with Crippen LogP contribution in [0.5, 0.6) is 0 Å². The van der Waals surface area contributed by atoms with Crippen molar-refractivity contribution in [2.75, 3.05) is 4.90 Å². The average molecular weight is 374 g/mol. The van der Waals surface area contributed by atoms with Crippen molar-refractivity contribution >= 4 is 29.0 Å². The summed E-state index contributed by atoms with van der Waals surface area (Å²) in [5, 5.41) is 10.9. The summed E-state index contributed by atoms with van der Waals surface area (Å²) in [5.74, 6) is -2.61. The highest BCUT2D eigenvalue weighted by atomic mass is 35.5. The normalized spacial score (nSPS) is 17.3. The Morgan fingerprint density at radius 1 is 1.19 bits per heavy atom. The van der Waals surface area contributed by atoms with E-state index in [0.29, 0.717) is 10.6 Å². The van der Waals surface area contributed by atoms with Gasteiger partial charge in [0.05, 0.1) is 11.6 Å². The van der Waals surface area contributed by atoms with Gasteiger partial charge in [-0.15, -0.1) is 0 Å². The molecular weight excluding hydrogens is 357 g/mol. The Morgan fingerprint density at radius 2 is 1.85 bits per heavy atom. The number of nitrogens with zero attached hydrogens (tertiary/aromatic N) is 1. The molecular formula is C20H17ClFNO3. The number of halogens is 2. The maximum absolute atomic E-state index is 13.7. The molecule has 0 radical (unpaired) electrons. The van der Waals surface area contributed by atoms with Crippen LogP contribution in [0.1, 0.15) is 25.5 Å². The molecule has 0 saturated heterocycles. The molecule has 26 heavy (non-hydrogen) atoms. The predicted octanol–water partition coefficient (Wildman–Crippen LogP) is 4.60. The van der Waals surface area contributed by atoms with E-state index in [0.717, 1.165) is 0 Å². The molecule has 0 aliphatic carbocycles. The van der Waals surface area contributed by atoms with E-state index in [2.05, 4.69) is 0 Å². The number of Topliss-reactive ketones (excluding diaryl/α,β-unsaturated/α-hetero) is 1. The molecule has 1 atom stereocenters. The maximum Gasteiger partial charge on any atom is 0.294 e. The Hall–Kier alpha value is -2.66. The first-order valence-electron chi connectivity index (χ1n) is 8.13. The monoisotopic (exact) mass is 373 g/mol. The van der Waals surface area contributed by atoms with Crippen molar-refractivity contribution in [3.05, 3.63) is 76.3 Å². The minimum atomic E-state index is -0.850. The second-order valence-electron chi connectivity index (χ2n) is 6.39. The van der Waals surface area contributed by atoms with Gasteiger partial charge in [-0.1, -0.05) is 43.6 Å². The van der Waals surface area contributed by atoms with Gasteiger partial charge in [0, 0.05) is 16.6 Å². The number of carbonyl (C=O) groups is 2. The summed E-state index contributed by atoms with van der Waals surface area (Å²) in [5.41, 5.74) is 0.865. The van der Waals surface area contributed by atoms with E-state index in [1.54, 1.807) is 44.2 Å². The molecule has 1 unspecified atom stereocenters. The molecule has 1 heterocycles. The van der Waals surface area contributed by atoms with Crippen molar-refractivity contribution in [2.45, 2.75) is 19.9 Å². The number of ketones is 1. The van der Waals surface area contributed by atoms with Gasteiger partial charge in [0.2, 0.25) is 0 Å². The van der Waals surface area contributed by atoms with E-state index in [4.69, 9.17) is 11.6 Å². The average Bonchev–Trinajstić information content (AvgIpc) is 2.86. The smallest absolute Gasteiger partial charge is 0.294 e. The number of hydrogen-bond acceptors (Lipinski definition) is 3. The zero-order valence-corrected chi connectivity index (χ0v) is 15.0. The zero-order valence-electron chi connectivity index (χ0n) is 14.2. The summed E-state index contributed by atoms with van der Waals surface area (Å²) < 4.78 is 13.7. The summed E-state index contributed by atoms with van der Waals surface area (Å²) >= 11 is 5.94. The minimum Gasteiger partial charge on any atom is -0.503 e. The molecule has 1 N–H and O–H groups in total. The van der Waals surface area contributed by atoms with Gasteiger partial charge < -0.3 is 5.11 Å². The van der Waals surface area contributed by atoms with Gasteiger partial charge in [0.15, 0.2) is 11.5 Å². The summed E-state index contributed by atoms with van der Waals surface area (Å²) in [6.07, 6.45) is 0. The highest BCUT2D eigenvalue weighted by Crippen LogP contribution is 2.42. The molecule has 4 nitrogen and oxygen atoms in total. The fourth-order valence-corrected chi connectivity index (χ4v) is 3.15. The number of hydrogen-bond donors (Lipinski definition) is 1. The van der Waals surface area contributed by atoms with Crippen LogP contribution in [0.3, 0.4) is 0 Å². The quantitative estimate of drug-likeness (QED) is 0.851. The second-order valence-corrected chi connectivity index (χ2v) is 6.83. The number of aliphatic hydroxyl groups excluding tert-OH is 1. The van der Waals surface area contributed by atoms with Crippen molar-refractivity contribution in [3.8, 4) is 0 Å². The molecule has 3 rings (SSSR count). The minimum absolute atomic E-state index is 0.0107. The van der Waals surface area contributed by atoms with Crippen LogP contribution in [0.15, 0.2) is 59.9 Å². The number of amides is 1. The molecule has 1 aliphatic rings. The molecule has 1 amide bonds. The highest BCUT2D eigenvalue weighted by molar-refractivity contribution is 6.30. The molecule has 1 aliphatic heterocycles. The lowest BCUT2D eigenvalue weighted by Crippen LogP contribution is -2.31. The Morgan fingerprint density at radius 3 is 2.42 bits per heavy atom.